The van der Waals surface area contributed by atoms with Crippen LogP contribution in [-0.4, -0.2) is 38.4 Å². The molecule has 2 aromatic rings. The van der Waals surface area contributed by atoms with E-state index in [9.17, 15) is 0 Å². The van der Waals surface area contributed by atoms with Crippen LogP contribution < -0.4 is 4.90 Å². The molecule has 1 aliphatic rings. The van der Waals surface area contributed by atoms with Crippen molar-refractivity contribution in [1.29, 1.82) is 0 Å². The largest absolute Gasteiger partial charge is 0.338 e. The third-order valence-electron chi connectivity index (χ3n) is 3.52. The van der Waals surface area contributed by atoms with Gasteiger partial charge < -0.3 is 9.42 Å². The minimum Gasteiger partial charge on any atom is -0.338 e. The van der Waals surface area contributed by atoms with Gasteiger partial charge in [0.1, 0.15) is 12.2 Å². The summed E-state index contributed by atoms with van der Waals surface area (Å²) in [6, 6.07) is 0. The van der Waals surface area contributed by atoms with Crippen LogP contribution in [0.5, 0.6) is 0 Å². The van der Waals surface area contributed by atoms with Gasteiger partial charge in [-0.2, -0.15) is 10.1 Å². The Morgan fingerprint density at radius 2 is 2.26 bits per heavy atom. The van der Waals surface area contributed by atoms with Crippen LogP contribution in [0.15, 0.2) is 10.9 Å². The molecule has 3 heterocycles. The lowest BCUT2D eigenvalue weighted by Crippen LogP contribution is -2.33. The molecule has 7 heteroatoms. The van der Waals surface area contributed by atoms with Gasteiger partial charge in [-0.15, -0.1) is 0 Å². The second-order valence-electron chi connectivity index (χ2n) is 4.87. The summed E-state index contributed by atoms with van der Waals surface area (Å²) in [5, 5.41) is 10.9. The molecule has 19 heavy (non-hydrogen) atoms. The van der Waals surface area contributed by atoms with Gasteiger partial charge in [-0.1, -0.05) is 6.92 Å². The molecule has 2 aromatic heterocycles. The standard InChI is InChI=1S/C12H18N6O/c1-2-3-10-15-12(17-19-10)18-6-4-9(5-7-18)11-13-8-14-16-11/h8-9H,2-7H2,1H3,(H,13,14,16). The summed E-state index contributed by atoms with van der Waals surface area (Å²) in [6.45, 7) is 3.96. The number of piperidine rings is 1. The third kappa shape index (κ3) is 2.59. The molecule has 1 aliphatic heterocycles. The van der Waals surface area contributed by atoms with Crippen molar-refractivity contribution in [2.24, 2.45) is 0 Å². The van der Waals surface area contributed by atoms with Crippen molar-refractivity contribution >= 4 is 5.95 Å². The first-order chi connectivity index (χ1) is 9.36. The molecule has 0 radical (unpaired) electrons. The molecule has 1 N–H and O–H groups in total. The fourth-order valence-corrected chi connectivity index (χ4v) is 2.45. The van der Waals surface area contributed by atoms with E-state index in [0.717, 1.165) is 56.4 Å². The van der Waals surface area contributed by atoms with Gasteiger partial charge in [0, 0.05) is 25.4 Å². The predicted octanol–water partition coefficient (Wildman–Crippen LogP) is 1.52. The lowest BCUT2D eigenvalue weighted by molar-refractivity contribution is 0.374. The van der Waals surface area contributed by atoms with Crippen LogP contribution in [0.3, 0.4) is 0 Å². The first-order valence-corrected chi connectivity index (χ1v) is 6.79. The Hall–Kier alpha value is -1.92. The Morgan fingerprint density at radius 1 is 1.42 bits per heavy atom. The fraction of sp³-hybridized carbons (Fsp3) is 0.667. The van der Waals surface area contributed by atoms with Gasteiger partial charge >= 0.3 is 0 Å². The topological polar surface area (TPSA) is 83.7 Å². The number of anilines is 1. The maximum Gasteiger partial charge on any atom is 0.266 e. The average molecular weight is 262 g/mol. The van der Waals surface area contributed by atoms with E-state index in [4.69, 9.17) is 4.52 Å². The number of rotatable bonds is 4. The van der Waals surface area contributed by atoms with E-state index >= 15 is 0 Å². The number of aryl methyl sites for hydroxylation is 1. The van der Waals surface area contributed by atoms with Gasteiger partial charge in [0.05, 0.1) is 0 Å². The van der Waals surface area contributed by atoms with Crippen LogP contribution in [-0.2, 0) is 6.42 Å². The van der Waals surface area contributed by atoms with Crippen molar-refractivity contribution in [3.05, 3.63) is 18.0 Å². The molecule has 1 saturated heterocycles. The smallest absolute Gasteiger partial charge is 0.266 e. The van der Waals surface area contributed by atoms with Crippen molar-refractivity contribution in [2.75, 3.05) is 18.0 Å². The Bertz CT molecular complexity index is 500. The minimum atomic E-state index is 0.459. The Morgan fingerprint density at radius 3 is 2.95 bits per heavy atom. The van der Waals surface area contributed by atoms with Gasteiger partial charge in [-0.05, 0) is 24.4 Å². The van der Waals surface area contributed by atoms with Gasteiger partial charge in [-0.25, -0.2) is 4.98 Å². The van der Waals surface area contributed by atoms with Crippen molar-refractivity contribution in [3.8, 4) is 0 Å². The second-order valence-corrected chi connectivity index (χ2v) is 4.87. The normalized spacial score (nSPS) is 17.0. The zero-order chi connectivity index (χ0) is 13.1. The molecule has 1 fully saturated rings. The molecular formula is C12H18N6O. The van der Waals surface area contributed by atoms with Crippen LogP contribution in [0.1, 0.15) is 43.8 Å². The Balaban J connectivity index is 1.60. The summed E-state index contributed by atoms with van der Waals surface area (Å²) >= 11 is 0. The molecule has 0 aromatic carbocycles. The highest BCUT2D eigenvalue weighted by Gasteiger charge is 2.25. The summed E-state index contributed by atoms with van der Waals surface area (Å²) in [5.41, 5.74) is 0. The van der Waals surface area contributed by atoms with Gasteiger partial charge in [0.15, 0.2) is 0 Å². The lowest BCUT2D eigenvalue weighted by Gasteiger charge is -2.29. The third-order valence-corrected chi connectivity index (χ3v) is 3.52. The predicted molar refractivity (Wildman–Crippen MR) is 68.9 cm³/mol. The monoisotopic (exact) mass is 262 g/mol. The lowest BCUT2D eigenvalue weighted by atomic mass is 9.96. The van der Waals surface area contributed by atoms with Crippen molar-refractivity contribution in [1.82, 2.24) is 25.3 Å². The quantitative estimate of drug-likeness (QED) is 0.899. The van der Waals surface area contributed by atoms with Crippen LogP contribution in [0, 0.1) is 0 Å². The highest BCUT2D eigenvalue weighted by Crippen LogP contribution is 2.27. The molecule has 102 valence electrons. The van der Waals surface area contributed by atoms with E-state index in [0.29, 0.717) is 5.92 Å². The maximum atomic E-state index is 5.23. The summed E-state index contributed by atoms with van der Waals surface area (Å²) in [6.07, 6.45) is 5.51. The summed E-state index contributed by atoms with van der Waals surface area (Å²) in [5.74, 6) is 2.90. The first kappa shape index (κ1) is 12.1. The Labute approximate surface area is 111 Å². The highest BCUT2D eigenvalue weighted by molar-refractivity contribution is 5.29. The molecule has 0 amide bonds. The van der Waals surface area contributed by atoms with Crippen molar-refractivity contribution in [2.45, 2.75) is 38.5 Å². The number of hydrogen-bond donors (Lipinski definition) is 1. The molecule has 0 spiro atoms. The van der Waals surface area contributed by atoms with Crippen molar-refractivity contribution < 1.29 is 4.52 Å². The number of H-pyrrole nitrogens is 1. The van der Waals surface area contributed by atoms with E-state index in [1.165, 1.54) is 0 Å². The van der Waals surface area contributed by atoms with Gasteiger partial charge in [0.25, 0.3) is 5.95 Å². The zero-order valence-electron chi connectivity index (χ0n) is 11.0. The fourth-order valence-electron chi connectivity index (χ4n) is 2.45. The summed E-state index contributed by atoms with van der Waals surface area (Å²) in [7, 11) is 0. The van der Waals surface area contributed by atoms with Gasteiger partial charge in [0.2, 0.25) is 5.89 Å². The SMILES string of the molecule is CCCc1nc(N2CCC(c3ncn[nH]3)CC2)no1. The van der Waals surface area contributed by atoms with E-state index in [2.05, 4.69) is 37.1 Å². The van der Waals surface area contributed by atoms with E-state index in [1.807, 2.05) is 0 Å². The summed E-state index contributed by atoms with van der Waals surface area (Å²) < 4.78 is 5.23. The van der Waals surface area contributed by atoms with Crippen LogP contribution in [0.4, 0.5) is 5.95 Å². The molecule has 0 aliphatic carbocycles. The number of aromatic amines is 1. The van der Waals surface area contributed by atoms with E-state index in [-0.39, 0.29) is 0 Å². The summed E-state index contributed by atoms with van der Waals surface area (Å²) in [4.78, 5) is 10.8. The zero-order valence-corrected chi connectivity index (χ0v) is 11.0. The molecule has 0 unspecified atom stereocenters. The first-order valence-electron chi connectivity index (χ1n) is 6.79. The Kier molecular flexibility index (Phi) is 3.43. The maximum absolute atomic E-state index is 5.23. The van der Waals surface area contributed by atoms with E-state index < -0.39 is 0 Å². The van der Waals surface area contributed by atoms with Crippen LogP contribution in [0.25, 0.3) is 0 Å². The second kappa shape index (κ2) is 5.38. The minimum absolute atomic E-state index is 0.459. The number of nitrogens with one attached hydrogen (secondary N) is 1. The average Bonchev–Trinajstić information content (AvgIpc) is 3.10. The highest BCUT2D eigenvalue weighted by atomic mass is 16.5. The van der Waals surface area contributed by atoms with Gasteiger partial charge in [-0.3, -0.25) is 5.10 Å². The number of nitrogens with zero attached hydrogens (tertiary/aromatic N) is 5. The molecule has 7 nitrogen and oxygen atoms in total. The van der Waals surface area contributed by atoms with E-state index in [1.54, 1.807) is 6.33 Å². The molecule has 0 bridgehead atoms. The molecule has 0 saturated carbocycles. The number of aromatic nitrogens is 5. The van der Waals surface area contributed by atoms with Crippen LogP contribution >= 0.6 is 0 Å². The molecule has 0 atom stereocenters. The van der Waals surface area contributed by atoms with Crippen LogP contribution in [0.2, 0.25) is 0 Å². The molecular weight excluding hydrogens is 244 g/mol. The van der Waals surface area contributed by atoms with Crippen molar-refractivity contribution in [3.63, 3.8) is 0 Å². The molecule has 3 rings (SSSR count). The number of hydrogen-bond acceptors (Lipinski definition) is 6.